The van der Waals surface area contributed by atoms with E-state index in [1.54, 1.807) is 0 Å². The van der Waals surface area contributed by atoms with E-state index in [0.717, 1.165) is 0 Å². The van der Waals surface area contributed by atoms with E-state index in [9.17, 15) is 0 Å². The summed E-state index contributed by atoms with van der Waals surface area (Å²) >= 11 is 0. The second-order valence-electron chi connectivity index (χ2n) is 16.3. The van der Waals surface area contributed by atoms with Gasteiger partial charge in [0.25, 0.3) is 0 Å². The largest absolute Gasteiger partial charge is 0.0731 e. The van der Waals surface area contributed by atoms with Crippen molar-refractivity contribution in [2.75, 3.05) is 0 Å². The minimum Gasteiger partial charge on any atom is -0.0622 e. The van der Waals surface area contributed by atoms with Crippen LogP contribution in [0.15, 0.2) is 218 Å². The van der Waals surface area contributed by atoms with Gasteiger partial charge in [-0.2, -0.15) is 0 Å². The maximum atomic E-state index is 2.48. The fourth-order valence-corrected chi connectivity index (χ4v) is 11.0. The van der Waals surface area contributed by atoms with Gasteiger partial charge >= 0.3 is 0 Å². The number of benzene rings is 11. The summed E-state index contributed by atoms with van der Waals surface area (Å²) in [6.45, 7) is 0. The Morgan fingerprint density at radius 3 is 1.44 bits per heavy atom. The lowest BCUT2D eigenvalue weighted by atomic mass is 9.69. The Morgan fingerprint density at radius 2 is 0.763 bits per heavy atom. The SMILES string of the molecule is c1ccc(-c2c3ccccc3c(-c3cccc(-c4ccc5c6c(ccc5c4)-c4cc5ccccc5cc4C64c5ccccc5-c5ccccc54)c3)c3ccccc23)cc1. The maximum absolute atomic E-state index is 2.48. The number of hydrogen-bond acceptors (Lipinski definition) is 0. The lowest BCUT2D eigenvalue weighted by Crippen LogP contribution is -2.26. The molecule has 11 aromatic rings. The molecule has 2 aliphatic rings. The van der Waals surface area contributed by atoms with E-state index in [4.69, 9.17) is 0 Å². The van der Waals surface area contributed by atoms with Crippen LogP contribution in [-0.2, 0) is 5.41 Å². The minimum atomic E-state index is -0.420. The van der Waals surface area contributed by atoms with Crippen molar-refractivity contribution in [1.82, 2.24) is 0 Å². The molecule has 13 rings (SSSR count). The van der Waals surface area contributed by atoms with E-state index < -0.39 is 5.41 Å². The summed E-state index contributed by atoms with van der Waals surface area (Å²) in [6.07, 6.45) is 0. The quantitative estimate of drug-likeness (QED) is 0.158. The monoisotopic (exact) mass is 744 g/mol. The van der Waals surface area contributed by atoms with Crippen LogP contribution in [0.25, 0.3) is 98.7 Å². The summed E-state index contributed by atoms with van der Waals surface area (Å²) in [4.78, 5) is 0. The third-order valence-corrected chi connectivity index (χ3v) is 13.4. The first-order valence-electron chi connectivity index (χ1n) is 20.7. The molecule has 11 aromatic carbocycles. The van der Waals surface area contributed by atoms with Gasteiger partial charge in [0.2, 0.25) is 0 Å². The van der Waals surface area contributed by atoms with Gasteiger partial charge < -0.3 is 0 Å². The first-order chi connectivity index (χ1) is 29.3. The van der Waals surface area contributed by atoms with Gasteiger partial charge in [-0.25, -0.2) is 0 Å². The Balaban J connectivity index is 1.03. The van der Waals surface area contributed by atoms with Crippen LogP contribution in [0.4, 0.5) is 0 Å². The van der Waals surface area contributed by atoms with Crippen LogP contribution in [0.5, 0.6) is 0 Å². The van der Waals surface area contributed by atoms with Crippen LogP contribution in [0.2, 0.25) is 0 Å². The molecule has 0 aromatic heterocycles. The van der Waals surface area contributed by atoms with Crippen LogP contribution in [-0.4, -0.2) is 0 Å². The predicted molar refractivity (Wildman–Crippen MR) is 249 cm³/mol. The van der Waals surface area contributed by atoms with Crippen molar-refractivity contribution in [3.63, 3.8) is 0 Å². The van der Waals surface area contributed by atoms with Gasteiger partial charge in [0, 0.05) is 0 Å². The highest BCUT2D eigenvalue weighted by molar-refractivity contribution is 6.21. The Kier molecular flexibility index (Phi) is 6.74. The standard InChI is InChI=1S/C59H36/c1-2-15-37(16-3-1)56-47-23-6-8-25-49(47)57(50-26-9-7-24-48(50)56)43-20-14-19-38(34-43)41-29-31-44-42(33-41)30-32-51-52-35-39-17-4-5-18-40(39)36-55(52)59(58(44)51)53-27-12-10-21-45(53)46-22-11-13-28-54(46)59/h1-36H. The smallest absolute Gasteiger partial charge is 0.0622 e. The van der Waals surface area contributed by atoms with E-state index in [2.05, 4.69) is 218 Å². The minimum absolute atomic E-state index is 0.420. The fraction of sp³-hybridized carbons (Fsp3) is 0.0169. The molecule has 0 heterocycles. The van der Waals surface area contributed by atoms with E-state index in [1.165, 1.54) is 121 Å². The van der Waals surface area contributed by atoms with Crippen LogP contribution >= 0.6 is 0 Å². The lowest BCUT2D eigenvalue weighted by Gasteiger charge is -2.31. The molecule has 0 atom stereocenters. The van der Waals surface area contributed by atoms with Crippen molar-refractivity contribution in [2.24, 2.45) is 0 Å². The van der Waals surface area contributed by atoms with Gasteiger partial charge in [0.15, 0.2) is 0 Å². The second-order valence-corrected chi connectivity index (χ2v) is 16.3. The molecule has 1 spiro atoms. The van der Waals surface area contributed by atoms with E-state index in [1.807, 2.05) is 0 Å². The molecule has 272 valence electrons. The molecule has 0 saturated carbocycles. The molecule has 0 amide bonds. The highest BCUT2D eigenvalue weighted by atomic mass is 14.5. The molecule has 0 radical (unpaired) electrons. The molecule has 0 N–H and O–H groups in total. The highest BCUT2D eigenvalue weighted by Gasteiger charge is 2.52. The molecule has 0 saturated heterocycles. The van der Waals surface area contributed by atoms with E-state index >= 15 is 0 Å². The summed E-state index contributed by atoms with van der Waals surface area (Å²) in [5.41, 5.74) is 17.9. The van der Waals surface area contributed by atoms with Crippen molar-refractivity contribution >= 4 is 43.1 Å². The first-order valence-corrected chi connectivity index (χ1v) is 20.7. The number of hydrogen-bond donors (Lipinski definition) is 0. The number of fused-ring (bicyclic) bond motifs is 15. The van der Waals surface area contributed by atoms with Crippen LogP contribution in [0.3, 0.4) is 0 Å². The van der Waals surface area contributed by atoms with Crippen molar-refractivity contribution in [1.29, 1.82) is 0 Å². The fourth-order valence-electron chi connectivity index (χ4n) is 11.0. The summed E-state index contributed by atoms with van der Waals surface area (Å²) in [5.74, 6) is 0. The summed E-state index contributed by atoms with van der Waals surface area (Å²) in [5, 5.41) is 10.2. The van der Waals surface area contributed by atoms with Gasteiger partial charge in [-0.05, 0) is 145 Å². The maximum Gasteiger partial charge on any atom is 0.0731 e. The zero-order valence-corrected chi connectivity index (χ0v) is 32.3. The zero-order chi connectivity index (χ0) is 38.7. The summed E-state index contributed by atoms with van der Waals surface area (Å²) in [6, 6.07) is 81.8. The van der Waals surface area contributed by atoms with E-state index in [-0.39, 0.29) is 0 Å². The number of rotatable bonds is 3. The molecular formula is C59H36. The molecule has 0 unspecified atom stereocenters. The first kappa shape index (κ1) is 32.5. The molecule has 0 heteroatoms. The molecule has 0 fully saturated rings. The molecule has 0 bridgehead atoms. The van der Waals surface area contributed by atoms with Gasteiger partial charge in [-0.1, -0.05) is 194 Å². The van der Waals surface area contributed by atoms with Crippen LogP contribution in [0, 0.1) is 0 Å². The Morgan fingerprint density at radius 1 is 0.237 bits per heavy atom. The average molecular weight is 745 g/mol. The Labute approximate surface area is 343 Å². The summed E-state index contributed by atoms with van der Waals surface area (Å²) < 4.78 is 0. The van der Waals surface area contributed by atoms with Gasteiger partial charge in [-0.15, -0.1) is 0 Å². The van der Waals surface area contributed by atoms with Crippen LogP contribution in [0.1, 0.15) is 22.3 Å². The van der Waals surface area contributed by atoms with Gasteiger partial charge in [0.05, 0.1) is 5.41 Å². The van der Waals surface area contributed by atoms with Crippen molar-refractivity contribution in [3.8, 4) is 55.6 Å². The van der Waals surface area contributed by atoms with Crippen molar-refractivity contribution in [3.05, 3.63) is 241 Å². The molecule has 0 aliphatic heterocycles. The third-order valence-electron chi connectivity index (χ3n) is 13.4. The molecule has 0 nitrogen and oxygen atoms in total. The van der Waals surface area contributed by atoms with Gasteiger partial charge in [-0.3, -0.25) is 0 Å². The highest BCUT2D eigenvalue weighted by Crippen LogP contribution is 2.64. The summed E-state index contributed by atoms with van der Waals surface area (Å²) in [7, 11) is 0. The normalized spacial score (nSPS) is 13.2. The third kappa shape index (κ3) is 4.43. The van der Waals surface area contributed by atoms with Crippen molar-refractivity contribution < 1.29 is 0 Å². The molecular weight excluding hydrogens is 709 g/mol. The second kappa shape index (κ2) is 12.2. The average Bonchev–Trinajstić information content (AvgIpc) is 3.77. The predicted octanol–water partition coefficient (Wildman–Crippen LogP) is 15.6. The molecule has 59 heavy (non-hydrogen) atoms. The van der Waals surface area contributed by atoms with Crippen LogP contribution < -0.4 is 0 Å². The Bertz CT molecular complexity index is 3450. The zero-order valence-electron chi connectivity index (χ0n) is 32.3. The lowest BCUT2D eigenvalue weighted by molar-refractivity contribution is 0.802. The van der Waals surface area contributed by atoms with Crippen molar-refractivity contribution in [2.45, 2.75) is 5.41 Å². The van der Waals surface area contributed by atoms with Gasteiger partial charge in [0.1, 0.15) is 0 Å². The Hall–Kier alpha value is -7.54. The molecule has 2 aliphatic carbocycles. The van der Waals surface area contributed by atoms with E-state index in [0.29, 0.717) is 0 Å². The topological polar surface area (TPSA) is 0 Å².